The molecular weight excluding hydrogens is 346 g/mol. The fraction of sp³-hybridized carbons (Fsp3) is 0.474. The Bertz CT molecular complexity index is 803. The number of amides is 2. The Kier molecular flexibility index (Phi) is 5.85. The average molecular weight is 373 g/mol. The molecule has 1 N–H and O–H groups in total. The molecule has 3 rings (SSSR count). The van der Waals surface area contributed by atoms with Crippen molar-refractivity contribution < 1.29 is 14.3 Å². The first kappa shape index (κ1) is 19.0. The molecule has 0 saturated heterocycles. The van der Waals surface area contributed by atoms with Crippen molar-refractivity contribution in [1.82, 2.24) is 24.9 Å². The zero-order valence-corrected chi connectivity index (χ0v) is 16.4. The Morgan fingerprint density at radius 2 is 2.07 bits per heavy atom. The van der Waals surface area contributed by atoms with Crippen LogP contribution < -0.4 is 14.8 Å². The molecule has 0 bridgehead atoms. The maximum absolute atomic E-state index is 11.7. The van der Waals surface area contributed by atoms with Crippen molar-refractivity contribution in [2.24, 2.45) is 0 Å². The van der Waals surface area contributed by atoms with Crippen LogP contribution in [0.4, 0.5) is 4.79 Å². The minimum atomic E-state index is -0.118. The second-order valence-corrected chi connectivity index (χ2v) is 6.77. The number of benzene rings is 1. The summed E-state index contributed by atoms with van der Waals surface area (Å²) in [6, 6.07) is 7.89. The maximum atomic E-state index is 11.7. The van der Waals surface area contributed by atoms with Crippen LogP contribution >= 0.6 is 0 Å². The molecule has 1 aromatic heterocycles. The molecule has 0 aliphatic carbocycles. The predicted octanol–water partition coefficient (Wildman–Crippen LogP) is 1.69. The topological polar surface area (TPSA) is 71.9 Å². The average Bonchev–Trinajstić information content (AvgIpc) is 3.07. The van der Waals surface area contributed by atoms with Gasteiger partial charge in [-0.2, -0.15) is 5.10 Å². The Morgan fingerprint density at radius 3 is 2.78 bits per heavy atom. The number of carbonyl (C=O) groups is 1. The van der Waals surface area contributed by atoms with Crippen LogP contribution in [0.1, 0.15) is 17.0 Å². The number of carbonyl (C=O) groups excluding carboxylic acids is 1. The summed E-state index contributed by atoms with van der Waals surface area (Å²) in [6.07, 6.45) is 0. The second-order valence-electron chi connectivity index (χ2n) is 6.77. The summed E-state index contributed by atoms with van der Waals surface area (Å²) in [7, 11) is 6.76. The highest BCUT2D eigenvalue weighted by Crippen LogP contribution is 2.32. The highest BCUT2D eigenvalue weighted by atomic mass is 16.5. The van der Waals surface area contributed by atoms with E-state index in [1.54, 1.807) is 28.3 Å². The van der Waals surface area contributed by atoms with E-state index in [9.17, 15) is 4.79 Å². The van der Waals surface area contributed by atoms with E-state index < -0.39 is 0 Å². The van der Waals surface area contributed by atoms with Gasteiger partial charge in [0, 0.05) is 39.3 Å². The zero-order valence-electron chi connectivity index (χ0n) is 16.4. The number of ether oxygens (including phenoxy) is 2. The van der Waals surface area contributed by atoms with E-state index in [4.69, 9.17) is 9.47 Å². The fourth-order valence-electron chi connectivity index (χ4n) is 3.24. The first-order valence-corrected chi connectivity index (χ1v) is 8.94. The van der Waals surface area contributed by atoms with E-state index in [1.807, 2.05) is 16.8 Å². The van der Waals surface area contributed by atoms with Gasteiger partial charge < -0.3 is 19.7 Å². The summed E-state index contributed by atoms with van der Waals surface area (Å²) in [5.41, 5.74) is 3.13. The minimum Gasteiger partial charge on any atom is -0.493 e. The van der Waals surface area contributed by atoms with Gasteiger partial charge >= 0.3 is 6.03 Å². The molecule has 2 aromatic rings. The van der Waals surface area contributed by atoms with Crippen LogP contribution in [0.3, 0.4) is 0 Å². The third kappa shape index (κ3) is 4.33. The molecule has 0 atom stereocenters. The van der Waals surface area contributed by atoms with E-state index in [1.165, 1.54) is 4.90 Å². The van der Waals surface area contributed by atoms with Crippen molar-refractivity contribution in [3.63, 3.8) is 0 Å². The number of aromatic nitrogens is 2. The highest BCUT2D eigenvalue weighted by Gasteiger charge is 2.20. The summed E-state index contributed by atoms with van der Waals surface area (Å²) in [5.74, 6) is 1.53. The lowest BCUT2D eigenvalue weighted by molar-refractivity contribution is 0.202. The number of nitrogens with one attached hydrogen (secondary N) is 1. The van der Waals surface area contributed by atoms with Crippen molar-refractivity contribution in [1.29, 1.82) is 0 Å². The molecule has 0 fully saturated rings. The molecule has 27 heavy (non-hydrogen) atoms. The lowest BCUT2D eigenvalue weighted by Crippen LogP contribution is -2.34. The number of urea groups is 1. The van der Waals surface area contributed by atoms with Crippen LogP contribution in [0.2, 0.25) is 0 Å². The molecule has 1 aliphatic rings. The molecule has 1 aromatic carbocycles. The molecule has 1 aliphatic heterocycles. The number of methoxy groups -OCH3 is 2. The molecule has 0 spiro atoms. The van der Waals surface area contributed by atoms with Crippen molar-refractivity contribution in [2.75, 3.05) is 34.9 Å². The minimum absolute atomic E-state index is 0.118. The predicted molar refractivity (Wildman–Crippen MR) is 102 cm³/mol. The van der Waals surface area contributed by atoms with Gasteiger partial charge in [-0.25, -0.2) is 4.79 Å². The van der Waals surface area contributed by atoms with Gasteiger partial charge in [-0.1, -0.05) is 12.1 Å². The summed E-state index contributed by atoms with van der Waals surface area (Å²) in [5, 5.41) is 7.45. The highest BCUT2D eigenvalue weighted by molar-refractivity contribution is 5.73. The van der Waals surface area contributed by atoms with Gasteiger partial charge in [-0.05, 0) is 12.1 Å². The molecule has 8 nitrogen and oxygen atoms in total. The number of para-hydroxylation sites is 1. The van der Waals surface area contributed by atoms with E-state index in [-0.39, 0.29) is 6.03 Å². The standard InChI is InChI=1S/C19H27N5O3/c1-22(2)19(25)20-11-15-10-16-13-23(8-9-24(16)21-15)12-14-6-5-7-17(26-3)18(14)27-4/h5-7,10H,8-9,11-13H2,1-4H3,(H,20,25). The smallest absolute Gasteiger partial charge is 0.317 e. The number of rotatable bonds is 6. The van der Waals surface area contributed by atoms with E-state index in [0.717, 1.165) is 54.6 Å². The molecule has 2 heterocycles. The Labute approximate surface area is 159 Å². The van der Waals surface area contributed by atoms with Gasteiger partial charge in [0.05, 0.1) is 38.7 Å². The Balaban J connectivity index is 1.66. The summed E-state index contributed by atoms with van der Waals surface area (Å²) >= 11 is 0. The number of fused-ring (bicyclic) bond motifs is 1. The van der Waals surface area contributed by atoms with Crippen LogP contribution in [-0.4, -0.2) is 60.5 Å². The molecule has 8 heteroatoms. The number of hydrogen-bond acceptors (Lipinski definition) is 5. The summed E-state index contributed by atoms with van der Waals surface area (Å²) < 4.78 is 13.0. The lowest BCUT2D eigenvalue weighted by atomic mass is 10.1. The molecular formula is C19H27N5O3. The van der Waals surface area contributed by atoms with Crippen molar-refractivity contribution in [3.8, 4) is 11.5 Å². The Hall–Kier alpha value is -2.74. The molecule has 0 unspecified atom stereocenters. The van der Waals surface area contributed by atoms with Gasteiger partial charge in [0.15, 0.2) is 11.5 Å². The summed E-state index contributed by atoms with van der Waals surface area (Å²) in [4.78, 5) is 15.5. The largest absolute Gasteiger partial charge is 0.493 e. The number of nitrogens with zero attached hydrogens (tertiary/aromatic N) is 4. The van der Waals surface area contributed by atoms with E-state index in [2.05, 4.69) is 27.4 Å². The molecule has 146 valence electrons. The third-order valence-electron chi connectivity index (χ3n) is 4.63. The number of hydrogen-bond donors (Lipinski definition) is 1. The van der Waals surface area contributed by atoms with E-state index >= 15 is 0 Å². The van der Waals surface area contributed by atoms with Crippen LogP contribution in [-0.2, 0) is 26.2 Å². The van der Waals surface area contributed by atoms with Gasteiger partial charge in [0.2, 0.25) is 0 Å². The van der Waals surface area contributed by atoms with E-state index in [0.29, 0.717) is 6.54 Å². The van der Waals surface area contributed by atoms with Crippen molar-refractivity contribution >= 4 is 6.03 Å². The van der Waals surface area contributed by atoms with Gasteiger partial charge in [-0.15, -0.1) is 0 Å². The van der Waals surface area contributed by atoms with Crippen LogP contribution in [0.15, 0.2) is 24.3 Å². The molecule has 0 saturated carbocycles. The third-order valence-corrected chi connectivity index (χ3v) is 4.63. The second kappa shape index (κ2) is 8.30. The van der Waals surface area contributed by atoms with Gasteiger partial charge in [0.1, 0.15) is 0 Å². The first-order valence-electron chi connectivity index (χ1n) is 8.94. The molecule has 2 amide bonds. The molecule has 0 radical (unpaired) electrons. The van der Waals surface area contributed by atoms with Crippen LogP contribution in [0.5, 0.6) is 11.5 Å². The lowest BCUT2D eigenvalue weighted by Gasteiger charge is -2.28. The van der Waals surface area contributed by atoms with Crippen LogP contribution in [0, 0.1) is 0 Å². The SMILES string of the molecule is COc1cccc(CN2CCn3nc(CNC(=O)N(C)C)cc3C2)c1OC. The van der Waals surface area contributed by atoms with Crippen molar-refractivity contribution in [3.05, 3.63) is 41.2 Å². The Morgan fingerprint density at radius 1 is 1.26 bits per heavy atom. The van der Waals surface area contributed by atoms with Gasteiger partial charge in [0.25, 0.3) is 0 Å². The van der Waals surface area contributed by atoms with Gasteiger partial charge in [-0.3, -0.25) is 9.58 Å². The quantitative estimate of drug-likeness (QED) is 0.834. The maximum Gasteiger partial charge on any atom is 0.317 e. The van der Waals surface area contributed by atoms with Crippen LogP contribution in [0.25, 0.3) is 0 Å². The monoisotopic (exact) mass is 373 g/mol. The normalized spacial score (nSPS) is 13.8. The van der Waals surface area contributed by atoms with Crippen molar-refractivity contribution in [2.45, 2.75) is 26.2 Å². The first-order chi connectivity index (χ1) is 13.0. The zero-order chi connectivity index (χ0) is 19.4. The summed E-state index contributed by atoms with van der Waals surface area (Å²) in [6.45, 7) is 3.73. The fourth-order valence-corrected chi connectivity index (χ4v) is 3.24.